The molecule has 0 atom stereocenters. The average molecular weight is 367 g/mol. The number of anilines is 1. The number of Topliss-reactive ketones (excluding diaryl/α,β-unsaturated/α-hetero) is 1. The zero-order chi connectivity index (χ0) is 17.9. The largest absolute Gasteiger partial charge is 0.359 e. The van der Waals surface area contributed by atoms with Crippen molar-refractivity contribution in [2.75, 3.05) is 23.7 Å². The predicted octanol–water partition coefficient (Wildman–Crippen LogP) is 3.48. The second kappa shape index (κ2) is 7.37. The first-order valence-electron chi connectivity index (χ1n) is 8.79. The highest BCUT2D eigenvalue weighted by Crippen LogP contribution is 2.29. The van der Waals surface area contributed by atoms with Gasteiger partial charge in [0, 0.05) is 19.3 Å². The monoisotopic (exact) mass is 367 g/mol. The lowest BCUT2D eigenvalue weighted by Crippen LogP contribution is -2.22. The van der Waals surface area contributed by atoms with Crippen molar-refractivity contribution in [1.29, 1.82) is 0 Å². The van der Waals surface area contributed by atoms with Crippen molar-refractivity contribution < 1.29 is 4.79 Å². The zero-order valence-corrected chi connectivity index (χ0v) is 15.5. The molecule has 0 spiro atoms. The van der Waals surface area contributed by atoms with Gasteiger partial charge in [0.05, 0.1) is 17.1 Å². The fourth-order valence-corrected chi connectivity index (χ4v) is 3.94. The van der Waals surface area contributed by atoms with Crippen molar-refractivity contribution in [3.63, 3.8) is 0 Å². The smallest absolute Gasteiger partial charge is 0.232 e. The average Bonchev–Trinajstić information content (AvgIpc) is 3.41. The third kappa shape index (κ3) is 3.39. The Morgan fingerprint density at radius 1 is 1.15 bits per heavy atom. The maximum Gasteiger partial charge on any atom is 0.232 e. The van der Waals surface area contributed by atoms with Crippen LogP contribution in [0.25, 0.3) is 5.69 Å². The van der Waals surface area contributed by atoms with Crippen molar-refractivity contribution in [2.24, 2.45) is 0 Å². The van der Waals surface area contributed by atoms with Crippen LogP contribution in [0.5, 0.6) is 0 Å². The number of H-pyrrole nitrogens is 1. The summed E-state index contributed by atoms with van der Waals surface area (Å²) in [4.78, 5) is 17.5. The highest BCUT2D eigenvalue weighted by Gasteiger charge is 2.23. The molecule has 0 unspecified atom stereocenters. The number of hydrogen-bond donors (Lipinski definition) is 1. The number of aromatic nitrogens is 4. The molecule has 134 valence electrons. The van der Waals surface area contributed by atoms with Crippen LogP contribution < -0.4 is 4.90 Å². The SMILES string of the molecule is Cc1ccc(-n2c(SCC(=O)c3ccc[nH]3)nnc2N2CCCC2)cc1. The minimum Gasteiger partial charge on any atom is -0.359 e. The van der Waals surface area contributed by atoms with Crippen LogP contribution >= 0.6 is 11.8 Å². The van der Waals surface area contributed by atoms with E-state index in [1.54, 1.807) is 12.3 Å². The molecule has 1 N–H and O–H groups in total. The number of hydrogen-bond acceptors (Lipinski definition) is 5. The van der Waals surface area contributed by atoms with Crippen LogP contribution in [-0.4, -0.2) is 44.4 Å². The Bertz CT molecular complexity index is 879. The van der Waals surface area contributed by atoms with Gasteiger partial charge in [-0.25, -0.2) is 0 Å². The Morgan fingerprint density at radius 2 is 1.92 bits per heavy atom. The summed E-state index contributed by atoms with van der Waals surface area (Å²) in [7, 11) is 0. The molecule has 4 rings (SSSR count). The van der Waals surface area contributed by atoms with E-state index in [0.717, 1.165) is 29.9 Å². The first-order valence-corrected chi connectivity index (χ1v) is 9.78. The molecule has 1 aromatic carbocycles. The van der Waals surface area contributed by atoms with E-state index in [1.165, 1.54) is 30.2 Å². The summed E-state index contributed by atoms with van der Waals surface area (Å²) in [5.41, 5.74) is 2.86. The zero-order valence-electron chi connectivity index (χ0n) is 14.7. The fourth-order valence-electron chi connectivity index (χ4n) is 3.11. The number of benzene rings is 1. The van der Waals surface area contributed by atoms with Gasteiger partial charge >= 0.3 is 0 Å². The van der Waals surface area contributed by atoms with Crippen molar-refractivity contribution >= 4 is 23.5 Å². The molecule has 3 aromatic rings. The molecule has 7 heteroatoms. The quantitative estimate of drug-likeness (QED) is 0.534. The van der Waals surface area contributed by atoms with Crippen LogP contribution in [-0.2, 0) is 0 Å². The van der Waals surface area contributed by atoms with Gasteiger partial charge in [-0.05, 0) is 44.0 Å². The van der Waals surface area contributed by atoms with E-state index in [0.29, 0.717) is 11.4 Å². The number of carbonyl (C=O) groups excluding carboxylic acids is 1. The standard InChI is InChI=1S/C19H21N5OS/c1-14-6-8-15(9-7-14)24-18(23-11-2-3-12-23)21-22-19(24)26-13-17(25)16-5-4-10-20-16/h4-10,20H,2-3,11-13H2,1H3. The number of thioether (sulfide) groups is 1. The maximum atomic E-state index is 12.3. The molecule has 0 radical (unpaired) electrons. The van der Waals surface area contributed by atoms with E-state index in [4.69, 9.17) is 0 Å². The Balaban J connectivity index is 1.63. The van der Waals surface area contributed by atoms with Gasteiger partial charge in [-0.2, -0.15) is 0 Å². The second-order valence-corrected chi connectivity index (χ2v) is 7.39. The van der Waals surface area contributed by atoms with E-state index in [1.807, 2.05) is 6.07 Å². The van der Waals surface area contributed by atoms with Crippen LogP contribution in [0.4, 0.5) is 5.95 Å². The number of nitrogens with zero attached hydrogens (tertiary/aromatic N) is 4. The molecule has 0 aliphatic carbocycles. The number of rotatable bonds is 6. The summed E-state index contributed by atoms with van der Waals surface area (Å²) in [5, 5.41) is 9.57. The Morgan fingerprint density at radius 3 is 2.62 bits per heavy atom. The minimum absolute atomic E-state index is 0.0566. The van der Waals surface area contributed by atoms with E-state index in [-0.39, 0.29) is 5.78 Å². The fraction of sp³-hybridized carbons (Fsp3) is 0.316. The maximum absolute atomic E-state index is 12.3. The highest BCUT2D eigenvalue weighted by molar-refractivity contribution is 7.99. The molecule has 1 aliphatic rings. The lowest BCUT2D eigenvalue weighted by molar-refractivity contribution is 0.101. The molecular formula is C19H21N5OS. The summed E-state index contributed by atoms with van der Waals surface area (Å²) in [6.45, 7) is 4.06. The Labute approximate surface area is 156 Å². The van der Waals surface area contributed by atoms with Gasteiger partial charge in [0.25, 0.3) is 0 Å². The minimum atomic E-state index is 0.0566. The number of aromatic amines is 1. The van der Waals surface area contributed by atoms with Gasteiger partial charge in [0.15, 0.2) is 10.9 Å². The Kier molecular flexibility index (Phi) is 4.79. The third-order valence-corrected chi connectivity index (χ3v) is 5.46. The number of nitrogens with one attached hydrogen (secondary N) is 1. The van der Waals surface area contributed by atoms with E-state index in [2.05, 4.69) is 55.8 Å². The van der Waals surface area contributed by atoms with Crippen LogP contribution in [0.1, 0.15) is 28.9 Å². The van der Waals surface area contributed by atoms with Crippen LogP contribution in [0.15, 0.2) is 47.8 Å². The van der Waals surface area contributed by atoms with Gasteiger partial charge in [0.1, 0.15) is 0 Å². The number of carbonyl (C=O) groups is 1. The first-order chi connectivity index (χ1) is 12.7. The van der Waals surface area contributed by atoms with E-state index < -0.39 is 0 Å². The summed E-state index contributed by atoms with van der Waals surface area (Å²) < 4.78 is 2.07. The highest BCUT2D eigenvalue weighted by atomic mass is 32.2. The molecular weight excluding hydrogens is 346 g/mol. The normalized spacial score (nSPS) is 14.1. The topological polar surface area (TPSA) is 66.8 Å². The summed E-state index contributed by atoms with van der Waals surface area (Å²) in [6.07, 6.45) is 4.11. The molecule has 0 saturated carbocycles. The van der Waals surface area contributed by atoms with Crippen molar-refractivity contribution in [1.82, 2.24) is 19.7 Å². The molecule has 1 saturated heterocycles. The molecule has 1 fully saturated rings. The predicted molar refractivity (Wildman–Crippen MR) is 103 cm³/mol. The molecule has 6 nitrogen and oxygen atoms in total. The van der Waals surface area contributed by atoms with Gasteiger partial charge in [-0.3, -0.25) is 9.36 Å². The molecule has 3 heterocycles. The van der Waals surface area contributed by atoms with Crippen molar-refractivity contribution in [3.8, 4) is 5.69 Å². The van der Waals surface area contributed by atoms with Gasteiger partial charge < -0.3 is 9.88 Å². The number of ketones is 1. The van der Waals surface area contributed by atoms with Crippen LogP contribution in [0, 0.1) is 6.92 Å². The van der Waals surface area contributed by atoms with Crippen LogP contribution in [0.3, 0.4) is 0 Å². The van der Waals surface area contributed by atoms with E-state index >= 15 is 0 Å². The lowest BCUT2D eigenvalue weighted by Gasteiger charge is -2.18. The molecule has 1 aliphatic heterocycles. The first kappa shape index (κ1) is 16.9. The second-order valence-electron chi connectivity index (χ2n) is 6.44. The van der Waals surface area contributed by atoms with Crippen LogP contribution in [0.2, 0.25) is 0 Å². The molecule has 26 heavy (non-hydrogen) atoms. The molecule has 2 aromatic heterocycles. The van der Waals surface area contributed by atoms with E-state index in [9.17, 15) is 4.79 Å². The van der Waals surface area contributed by atoms with Crippen molar-refractivity contribution in [3.05, 3.63) is 53.9 Å². The number of aryl methyl sites for hydroxylation is 1. The lowest BCUT2D eigenvalue weighted by atomic mass is 10.2. The summed E-state index contributed by atoms with van der Waals surface area (Å²) >= 11 is 1.43. The van der Waals surface area contributed by atoms with Crippen molar-refractivity contribution in [2.45, 2.75) is 24.9 Å². The Hall–Kier alpha value is -2.54. The third-order valence-electron chi connectivity index (χ3n) is 4.53. The van der Waals surface area contributed by atoms with Gasteiger partial charge in [-0.1, -0.05) is 29.5 Å². The van der Waals surface area contributed by atoms with Gasteiger partial charge in [-0.15, -0.1) is 10.2 Å². The molecule has 0 amide bonds. The summed E-state index contributed by atoms with van der Waals surface area (Å²) in [5.74, 6) is 1.24. The molecule has 0 bridgehead atoms. The summed E-state index contributed by atoms with van der Waals surface area (Å²) in [6, 6.07) is 12.0. The van der Waals surface area contributed by atoms with Gasteiger partial charge in [0.2, 0.25) is 5.95 Å².